The van der Waals surface area contributed by atoms with Crippen LogP contribution in [0.1, 0.15) is 43.0 Å². The Bertz CT molecular complexity index is 365. The molecular formula is C13H17N. The van der Waals surface area contributed by atoms with Gasteiger partial charge in [-0.1, -0.05) is 26.0 Å². The van der Waals surface area contributed by atoms with E-state index in [1.54, 1.807) is 0 Å². The van der Waals surface area contributed by atoms with Crippen molar-refractivity contribution in [1.29, 1.82) is 0 Å². The zero-order valence-corrected chi connectivity index (χ0v) is 9.12. The van der Waals surface area contributed by atoms with Gasteiger partial charge < -0.3 is 0 Å². The molecule has 0 saturated heterocycles. The largest absolute Gasteiger partial charge is 0.261 e. The molecule has 0 N–H and O–H groups in total. The fraction of sp³-hybridized carbons (Fsp3) is 0.462. The molecule has 1 heterocycles. The number of hydrogen-bond acceptors (Lipinski definition) is 1. The first-order valence-electron chi connectivity index (χ1n) is 5.50. The second-order valence-electron chi connectivity index (χ2n) is 3.76. The van der Waals surface area contributed by atoms with Crippen molar-refractivity contribution in [2.45, 2.75) is 33.1 Å². The van der Waals surface area contributed by atoms with Crippen molar-refractivity contribution in [2.75, 3.05) is 0 Å². The number of allylic oxidation sites excluding steroid dienone is 1. The van der Waals surface area contributed by atoms with E-state index in [9.17, 15) is 0 Å². The summed E-state index contributed by atoms with van der Waals surface area (Å²) in [4.78, 5) is 4.29. The van der Waals surface area contributed by atoms with Crippen LogP contribution in [0.5, 0.6) is 0 Å². The Morgan fingerprint density at radius 3 is 2.93 bits per heavy atom. The Morgan fingerprint density at radius 2 is 2.14 bits per heavy atom. The zero-order chi connectivity index (χ0) is 10.1. The van der Waals surface area contributed by atoms with Crippen LogP contribution in [-0.4, -0.2) is 4.98 Å². The van der Waals surface area contributed by atoms with E-state index >= 15 is 0 Å². The molecule has 0 spiro atoms. The van der Waals surface area contributed by atoms with Crippen LogP contribution >= 0.6 is 0 Å². The minimum absolute atomic E-state index is 0.826. The Balaban J connectivity index is 0.000000354. The molecule has 0 radical (unpaired) electrons. The maximum atomic E-state index is 4.29. The fourth-order valence-electron chi connectivity index (χ4n) is 2.14. The monoisotopic (exact) mass is 187 g/mol. The van der Waals surface area contributed by atoms with Gasteiger partial charge in [-0.25, -0.2) is 0 Å². The van der Waals surface area contributed by atoms with Crippen LogP contribution in [0.2, 0.25) is 0 Å². The second-order valence-corrected chi connectivity index (χ2v) is 3.76. The first kappa shape index (κ1) is 9.45. The first-order valence-corrected chi connectivity index (χ1v) is 5.50. The molecule has 1 aromatic rings. The quantitative estimate of drug-likeness (QED) is 0.605. The third kappa shape index (κ3) is 1.37. The highest BCUT2D eigenvalue weighted by molar-refractivity contribution is 5.62. The molecule has 14 heavy (non-hydrogen) atoms. The van der Waals surface area contributed by atoms with Gasteiger partial charge in [-0.3, -0.25) is 4.98 Å². The maximum Gasteiger partial charge on any atom is 0.0447 e. The van der Waals surface area contributed by atoms with E-state index in [0.29, 0.717) is 0 Å². The molecule has 74 valence electrons. The number of hydrogen-bond donors (Lipinski definition) is 0. The zero-order valence-electron chi connectivity index (χ0n) is 9.12. The van der Waals surface area contributed by atoms with E-state index in [1.807, 2.05) is 20.0 Å². The summed E-state index contributed by atoms with van der Waals surface area (Å²) in [5.74, 6) is 1.67. The molecule has 1 nitrogen and oxygen atoms in total. The normalized spacial score (nSPS) is 25.6. The minimum Gasteiger partial charge on any atom is -0.261 e. The van der Waals surface area contributed by atoms with Crippen LogP contribution in [-0.2, 0) is 0 Å². The molecule has 2 aliphatic rings. The van der Waals surface area contributed by atoms with Gasteiger partial charge >= 0.3 is 0 Å². The fourth-order valence-corrected chi connectivity index (χ4v) is 2.14. The van der Waals surface area contributed by atoms with Crippen LogP contribution in [0.3, 0.4) is 0 Å². The van der Waals surface area contributed by atoms with Gasteiger partial charge in [0.25, 0.3) is 0 Å². The highest BCUT2D eigenvalue weighted by atomic mass is 14.7. The molecule has 0 bridgehead atoms. The predicted molar refractivity (Wildman–Crippen MR) is 60.2 cm³/mol. The van der Waals surface area contributed by atoms with E-state index in [1.165, 1.54) is 23.2 Å². The number of rotatable bonds is 0. The number of pyridine rings is 1. The van der Waals surface area contributed by atoms with Crippen LogP contribution in [0.15, 0.2) is 18.3 Å². The average molecular weight is 187 g/mol. The maximum absolute atomic E-state index is 4.29. The summed E-state index contributed by atoms with van der Waals surface area (Å²) in [5.41, 5.74) is 4.07. The van der Waals surface area contributed by atoms with Crippen molar-refractivity contribution in [3.05, 3.63) is 35.2 Å². The van der Waals surface area contributed by atoms with Gasteiger partial charge in [-0.05, 0) is 42.4 Å². The van der Waals surface area contributed by atoms with Gasteiger partial charge in [0.15, 0.2) is 0 Å². The number of nitrogens with zero attached hydrogens (tertiary/aromatic N) is 1. The first-order chi connectivity index (χ1) is 6.86. The second kappa shape index (κ2) is 3.56. The lowest BCUT2D eigenvalue weighted by Crippen LogP contribution is -1.96. The molecular weight excluding hydrogens is 170 g/mol. The predicted octanol–water partition coefficient (Wildman–Crippen LogP) is 3.55. The third-order valence-corrected chi connectivity index (χ3v) is 2.97. The summed E-state index contributed by atoms with van der Waals surface area (Å²) < 4.78 is 0. The van der Waals surface area contributed by atoms with Crippen LogP contribution in [0.4, 0.5) is 0 Å². The van der Waals surface area contributed by atoms with E-state index < -0.39 is 0 Å². The summed E-state index contributed by atoms with van der Waals surface area (Å²) in [7, 11) is 0. The van der Waals surface area contributed by atoms with E-state index in [-0.39, 0.29) is 0 Å². The molecule has 1 fully saturated rings. The Labute approximate surface area is 85.9 Å². The summed E-state index contributed by atoms with van der Waals surface area (Å²) in [6.07, 6.45) is 7.86. The van der Waals surface area contributed by atoms with Crippen molar-refractivity contribution >= 4 is 6.08 Å². The molecule has 1 aromatic heterocycles. The number of fused-ring (bicyclic) bond motifs is 3. The van der Waals surface area contributed by atoms with Gasteiger partial charge in [0, 0.05) is 11.9 Å². The summed E-state index contributed by atoms with van der Waals surface area (Å²) in [6.45, 7) is 6.09. The molecule has 0 amide bonds. The smallest absolute Gasteiger partial charge is 0.0447 e. The molecule has 2 atom stereocenters. The number of aryl methyl sites for hydroxylation is 1. The molecule has 0 aromatic carbocycles. The third-order valence-electron chi connectivity index (χ3n) is 2.97. The Hall–Kier alpha value is -1.11. The molecule has 2 aliphatic carbocycles. The lowest BCUT2D eigenvalue weighted by molar-refractivity contribution is 0.975. The lowest BCUT2D eigenvalue weighted by Gasteiger charge is -2.10. The van der Waals surface area contributed by atoms with Crippen molar-refractivity contribution in [2.24, 2.45) is 5.92 Å². The highest BCUT2D eigenvalue weighted by Gasteiger charge is 2.39. The lowest BCUT2D eigenvalue weighted by atomic mass is 9.97. The van der Waals surface area contributed by atoms with Crippen LogP contribution in [0, 0.1) is 12.8 Å². The van der Waals surface area contributed by atoms with Crippen molar-refractivity contribution < 1.29 is 0 Å². The molecule has 0 aliphatic heterocycles. The summed E-state index contributed by atoms with van der Waals surface area (Å²) in [5, 5.41) is 0. The van der Waals surface area contributed by atoms with E-state index in [2.05, 4.69) is 30.1 Å². The summed E-state index contributed by atoms with van der Waals surface area (Å²) in [6, 6.07) is 2.18. The SMILES string of the molecule is CC.Cc1nccc2c1C=CC1CC21. The molecule has 2 unspecified atom stereocenters. The van der Waals surface area contributed by atoms with E-state index in [4.69, 9.17) is 0 Å². The van der Waals surface area contributed by atoms with Crippen molar-refractivity contribution in [1.82, 2.24) is 4.98 Å². The summed E-state index contributed by atoms with van der Waals surface area (Å²) >= 11 is 0. The van der Waals surface area contributed by atoms with Gasteiger partial charge in [0.1, 0.15) is 0 Å². The highest BCUT2D eigenvalue weighted by Crippen LogP contribution is 2.52. The molecule has 1 saturated carbocycles. The topological polar surface area (TPSA) is 12.9 Å². The van der Waals surface area contributed by atoms with Crippen LogP contribution in [0.25, 0.3) is 6.08 Å². The van der Waals surface area contributed by atoms with Gasteiger partial charge in [-0.15, -0.1) is 0 Å². The van der Waals surface area contributed by atoms with Gasteiger partial charge in [0.05, 0.1) is 0 Å². The average Bonchev–Trinajstić information content (AvgIpc) is 3.00. The molecule has 3 rings (SSSR count). The van der Waals surface area contributed by atoms with Crippen LogP contribution < -0.4 is 0 Å². The minimum atomic E-state index is 0.826. The van der Waals surface area contributed by atoms with Gasteiger partial charge in [-0.2, -0.15) is 0 Å². The molecule has 1 heteroatoms. The standard InChI is InChI=1S/C11H11N.C2H6/c1-7-9-3-2-8-6-11(8)10(9)4-5-12-7;1-2/h2-5,8,11H,6H2,1H3;1-2H3. The Morgan fingerprint density at radius 1 is 1.36 bits per heavy atom. The van der Waals surface area contributed by atoms with Gasteiger partial charge in [0.2, 0.25) is 0 Å². The van der Waals surface area contributed by atoms with Crippen molar-refractivity contribution in [3.8, 4) is 0 Å². The van der Waals surface area contributed by atoms with E-state index in [0.717, 1.165) is 11.8 Å². The van der Waals surface area contributed by atoms with Crippen molar-refractivity contribution in [3.63, 3.8) is 0 Å². The Kier molecular flexibility index (Phi) is 2.40. The number of aromatic nitrogens is 1.